The lowest BCUT2D eigenvalue weighted by molar-refractivity contribution is 0.529. The molecule has 2 aromatic rings. The van der Waals surface area contributed by atoms with Crippen LogP contribution in [0.25, 0.3) is 11.2 Å². The molecule has 0 bridgehead atoms. The number of hydrogen-bond acceptors (Lipinski definition) is 4. The van der Waals surface area contributed by atoms with E-state index >= 15 is 0 Å². The summed E-state index contributed by atoms with van der Waals surface area (Å²) in [5.74, 6) is 0. The molecule has 0 unspecified atom stereocenters. The summed E-state index contributed by atoms with van der Waals surface area (Å²) in [6.07, 6.45) is 6.62. The number of anilines is 1. The van der Waals surface area contributed by atoms with Crippen molar-refractivity contribution in [2.45, 2.75) is 38.6 Å². The number of aromatic nitrogens is 3. The zero-order valence-electron chi connectivity index (χ0n) is 11.4. The zero-order valence-corrected chi connectivity index (χ0v) is 12.1. The van der Waals surface area contributed by atoms with E-state index in [-0.39, 0.29) is 5.15 Å². The lowest BCUT2D eigenvalue weighted by Gasteiger charge is -2.13. The van der Waals surface area contributed by atoms with Crippen molar-refractivity contribution in [3.63, 3.8) is 0 Å². The van der Waals surface area contributed by atoms with E-state index in [1.165, 1.54) is 12.8 Å². The molecule has 0 radical (unpaired) electrons. The van der Waals surface area contributed by atoms with Crippen LogP contribution in [-0.2, 0) is 0 Å². The lowest BCUT2D eigenvalue weighted by atomic mass is 10.2. The smallest absolute Gasteiger partial charge is 0.164 e. The number of hydrogen-bond donors (Lipinski definition) is 1. The Hall–Kier alpha value is -1.80. The van der Waals surface area contributed by atoms with Crippen molar-refractivity contribution in [3.05, 3.63) is 17.0 Å². The Morgan fingerprint density at radius 3 is 2.90 bits per heavy atom. The zero-order chi connectivity index (χ0) is 14.1. The van der Waals surface area contributed by atoms with Crippen molar-refractivity contribution in [1.29, 1.82) is 5.26 Å². The number of nitrogens with zero attached hydrogens (tertiary/aromatic N) is 4. The lowest BCUT2D eigenvalue weighted by Crippen LogP contribution is -2.06. The first-order valence-corrected chi connectivity index (χ1v) is 7.34. The van der Waals surface area contributed by atoms with Gasteiger partial charge < -0.3 is 9.88 Å². The Balaban J connectivity index is 2.21. The Bertz CT molecular complexity index is 679. The summed E-state index contributed by atoms with van der Waals surface area (Å²) in [5.41, 5.74) is 2.58. The minimum atomic E-state index is 0.246. The van der Waals surface area contributed by atoms with Gasteiger partial charge in [0.2, 0.25) is 0 Å². The summed E-state index contributed by atoms with van der Waals surface area (Å²) < 4.78 is 2.11. The van der Waals surface area contributed by atoms with Crippen LogP contribution >= 0.6 is 11.6 Å². The molecule has 1 aliphatic carbocycles. The summed E-state index contributed by atoms with van der Waals surface area (Å²) in [6, 6.07) is 2.56. The molecular formula is C14H16ClN5. The van der Waals surface area contributed by atoms with Crippen LogP contribution in [0.5, 0.6) is 0 Å². The molecule has 1 fully saturated rings. The first kappa shape index (κ1) is 13.2. The Kier molecular flexibility index (Phi) is 3.49. The van der Waals surface area contributed by atoms with Gasteiger partial charge in [-0.3, -0.25) is 0 Å². The van der Waals surface area contributed by atoms with Gasteiger partial charge in [0.05, 0.1) is 12.0 Å². The number of nitrogens with one attached hydrogen (secondary N) is 1. The molecule has 1 saturated carbocycles. The molecule has 1 N–H and O–H groups in total. The van der Waals surface area contributed by atoms with Gasteiger partial charge in [0, 0.05) is 12.6 Å². The highest BCUT2D eigenvalue weighted by Gasteiger charge is 2.23. The fourth-order valence-electron chi connectivity index (χ4n) is 2.91. The molecule has 6 heteroatoms. The highest BCUT2D eigenvalue weighted by atomic mass is 35.5. The highest BCUT2D eigenvalue weighted by Crippen LogP contribution is 2.35. The largest absolute Gasteiger partial charge is 0.382 e. The number of pyridine rings is 1. The Labute approximate surface area is 122 Å². The molecule has 1 aliphatic rings. The minimum absolute atomic E-state index is 0.246. The molecule has 0 spiro atoms. The van der Waals surface area contributed by atoms with Crippen molar-refractivity contribution < 1.29 is 0 Å². The minimum Gasteiger partial charge on any atom is -0.382 e. The van der Waals surface area contributed by atoms with E-state index in [4.69, 9.17) is 11.6 Å². The van der Waals surface area contributed by atoms with Gasteiger partial charge in [-0.05, 0) is 19.8 Å². The maximum Gasteiger partial charge on any atom is 0.164 e. The fraction of sp³-hybridized carbons (Fsp3) is 0.500. The van der Waals surface area contributed by atoms with E-state index in [0.717, 1.165) is 24.0 Å². The third kappa shape index (κ3) is 2.01. The molecule has 0 amide bonds. The molecular weight excluding hydrogens is 274 g/mol. The number of fused-ring (bicyclic) bond motifs is 1. The Morgan fingerprint density at radius 1 is 1.50 bits per heavy atom. The normalized spacial score (nSPS) is 15.7. The first-order valence-electron chi connectivity index (χ1n) is 6.96. The fourth-order valence-corrected chi connectivity index (χ4v) is 3.13. The molecule has 104 valence electrons. The van der Waals surface area contributed by atoms with Crippen LogP contribution in [0.3, 0.4) is 0 Å². The molecule has 3 rings (SSSR count). The van der Waals surface area contributed by atoms with Gasteiger partial charge in [0.15, 0.2) is 10.8 Å². The van der Waals surface area contributed by atoms with Gasteiger partial charge in [-0.15, -0.1) is 0 Å². The van der Waals surface area contributed by atoms with Crippen LogP contribution in [0.1, 0.15) is 44.2 Å². The standard InChI is InChI=1S/C14H16ClN5/c1-2-17-11-10(7-16)13(15)19-14-12(11)18-8-20(14)9-5-3-4-6-9/h8-9H,2-6H2,1H3,(H,17,19). The highest BCUT2D eigenvalue weighted by molar-refractivity contribution is 6.31. The van der Waals surface area contributed by atoms with Crippen molar-refractivity contribution in [3.8, 4) is 6.07 Å². The monoisotopic (exact) mass is 289 g/mol. The van der Waals surface area contributed by atoms with Crippen LogP contribution in [-0.4, -0.2) is 21.1 Å². The van der Waals surface area contributed by atoms with Gasteiger partial charge in [0.1, 0.15) is 17.1 Å². The van der Waals surface area contributed by atoms with Gasteiger partial charge in [0.25, 0.3) is 0 Å². The third-order valence-corrected chi connectivity index (χ3v) is 4.12. The van der Waals surface area contributed by atoms with Crippen molar-refractivity contribution >= 4 is 28.5 Å². The predicted octanol–water partition coefficient (Wildman–Crippen LogP) is 3.50. The second-order valence-electron chi connectivity index (χ2n) is 5.06. The van der Waals surface area contributed by atoms with E-state index in [2.05, 4.69) is 25.9 Å². The van der Waals surface area contributed by atoms with E-state index < -0.39 is 0 Å². The predicted molar refractivity (Wildman–Crippen MR) is 78.9 cm³/mol. The number of halogens is 1. The quantitative estimate of drug-likeness (QED) is 0.878. The molecule has 0 aliphatic heterocycles. The second kappa shape index (κ2) is 5.29. The van der Waals surface area contributed by atoms with E-state index in [0.29, 0.717) is 23.8 Å². The molecule has 2 aromatic heterocycles. The van der Waals surface area contributed by atoms with Crippen molar-refractivity contribution in [2.75, 3.05) is 11.9 Å². The number of nitriles is 1. The molecule has 0 saturated heterocycles. The SMILES string of the molecule is CCNc1c(C#N)c(Cl)nc2c1ncn2C1CCCC1. The molecule has 5 nitrogen and oxygen atoms in total. The number of rotatable bonds is 3. The van der Waals surface area contributed by atoms with Gasteiger partial charge >= 0.3 is 0 Å². The van der Waals surface area contributed by atoms with Crippen molar-refractivity contribution in [1.82, 2.24) is 14.5 Å². The maximum atomic E-state index is 9.25. The van der Waals surface area contributed by atoms with Gasteiger partial charge in [-0.1, -0.05) is 24.4 Å². The average molecular weight is 290 g/mol. The summed E-state index contributed by atoms with van der Waals surface area (Å²) in [6.45, 7) is 2.69. The summed E-state index contributed by atoms with van der Waals surface area (Å²) in [4.78, 5) is 8.86. The van der Waals surface area contributed by atoms with E-state index in [9.17, 15) is 5.26 Å². The summed E-state index contributed by atoms with van der Waals surface area (Å²) >= 11 is 6.17. The first-order chi connectivity index (χ1) is 9.76. The van der Waals surface area contributed by atoms with Crippen LogP contribution in [0.4, 0.5) is 5.69 Å². The molecule has 2 heterocycles. The second-order valence-corrected chi connectivity index (χ2v) is 5.42. The van der Waals surface area contributed by atoms with Gasteiger partial charge in [-0.25, -0.2) is 9.97 Å². The van der Waals surface area contributed by atoms with E-state index in [1.807, 2.05) is 13.3 Å². The Morgan fingerprint density at radius 2 is 2.25 bits per heavy atom. The molecule has 20 heavy (non-hydrogen) atoms. The van der Waals surface area contributed by atoms with E-state index in [1.54, 1.807) is 0 Å². The van der Waals surface area contributed by atoms with Crippen LogP contribution in [0.15, 0.2) is 6.33 Å². The third-order valence-electron chi connectivity index (χ3n) is 3.85. The maximum absolute atomic E-state index is 9.25. The number of imidazole rings is 1. The summed E-state index contributed by atoms with van der Waals surface area (Å²) in [7, 11) is 0. The van der Waals surface area contributed by atoms with Crippen molar-refractivity contribution in [2.24, 2.45) is 0 Å². The van der Waals surface area contributed by atoms with Gasteiger partial charge in [-0.2, -0.15) is 5.26 Å². The van der Waals surface area contributed by atoms with Crippen LogP contribution in [0.2, 0.25) is 5.15 Å². The average Bonchev–Trinajstić information content (AvgIpc) is 3.07. The molecule has 0 atom stereocenters. The van der Waals surface area contributed by atoms with Crippen LogP contribution < -0.4 is 5.32 Å². The molecule has 0 aromatic carbocycles. The summed E-state index contributed by atoms with van der Waals surface area (Å²) in [5, 5.41) is 12.7. The topological polar surface area (TPSA) is 66.5 Å². The van der Waals surface area contributed by atoms with Crippen LogP contribution in [0, 0.1) is 11.3 Å².